The highest BCUT2D eigenvalue weighted by Gasteiger charge is 2.56. The molecule has 0 heteroatoms. The van der Waals surface area contributed by atoms with Gasteiger partial charge in [-0.05, 0) is 48.9 Å². The van der Waals surface area contributed by atoms with Gasteiger partial charge in [-0.2, -0.15) is 0 Å². The Bertz CT molecular complexity index is 173. The molecule has 5 unspecified atom stereocenters. The fourth-order valence-electron chi connectivity index (χ4n) is 3.70. The highest BCUT2D eigenvalue weighted by molar-refractivity contribution is 5.05. The van der Waals surface area contributed by atoms with Crippen molar-refractivity contribution in [2.24, 2.45) is 29.6 Å². The van der Waals surface area contributed by atoms with Gasteiger partial charge in [0.1, 0.15) is 0 Å². The van der Waals surface area contributed by atoms with Crippen molar-refractivity contribution in [1.82, 2.24) is 0 Å². The van der Waals surface area contributed by atoms with Crippen molar-refractivity contribution in [2.45, 2.75) is 39.0 Å². The maximum Gasteiger partial charge on any atom is -0.0349 e. The molecule has 0 aromatic rings. The van der Waals surface area contributed by atoms with Crippen molar-refractivity contribution in [3.8, 4) is 0 Å². The Morgan fingerprint density at radius 3 is 2.18 bits per heavy atom. The Morgan fingerprint density at radius 2 is 1.73 bits per heavy atom. The molecule has 0 aromatic carbocycles. The minimum atomic E-state index is 1.07. The molecule has 3 aliphatic carbocycles. The molecule has 0 spiro atoms. The Kier molecular flexibility index (Phi) is 1.20. The van der Waals surface area contributed by atoms with E-state index in [4.69, 9.17) is 0 Å². The van der Waals surface area contributed by atoms with Gasteiger partial charge in [0.15, 0.2) is 0 Å². The van der Waals surface area contributed by atoms with Crippen LogP contribution in [0.25, 0.3) is 0 Å². The predicted octanol–water partition coefficient (Wildman–Crippen LogP) is 3.08. The van der Waals surface area contributed by atoms with Gasteiger partial charge in [0.25, 0.3) is 0 Å². The summed E-state index contributed by atoms with van der Waals surface area (Å²) < 4.78 is 0. The average Bonchev–Trinajstić information content (AvgIpc) is 2.36. The summed E-state index contributed by atoms with van der Waals surface area (Å²) in [5, 5.41) is 0. The van der Waals surface area contributed by atoms with Crippen LogP contribution >= 0.6 is 0 Å². The molecule has 0 aromatic heterocycles. The Balaban J connectivity index is 1.68. The summed E-state index contributed by atoms with van der Waals surface area (Å²) in [5.74, 6) is 5.85. The molecule has 5 atom stereocenters. The number of rotatable bonds is 1. The van der Waals surface area contributed by atoms with Crippen LogP contribution in [0, 0.1) is 29.6 Å². The molecule has 0 heterocycles. The third kappa shape index (κ3) is 0.816. The smallest absolute Gasteiger partial charge is 0.0349 e. The van der Waals surface area contributed by atoms with Crippen LogP contribution in [0.15, 0.2) is 0 Å². The molecule has 0 nitrogen and oxygen atoms in total. The molecule has 3 fully saturated rings. The van der Waals surface area contributed by atoms with Crippen LogP contribution in [-0.2, 0) is 0 Å². The van der Waals surface area contributed by atoms with Crippen molar-refractivity contribution in [1.29, 1.82) is 0 Å². The van der Waals surface area contributed by atoms with E-state index >= 15 is 0 Å². The van der Waals surface area contributed by atoms with E-state index < -0.39 is 0 Å². The molecular formula is C11H18. The quantitative estimate of drug-likeness (QED) is 0.539. The Labute approximate surface area is 69.4 Å². The molecular weight excluding hydrogens is 132 g/mol. The second-order valence-electron chi connectivity index (χ2n) is 5.13. The van der Waals surface area contributed by atoms with E-state index in [0.29, 0.717) is 0 Å². The number of hydrogen-bond donors (Lipinski definition) is 0. The number of hydrogen-bond acceptors (Lipinski definition) is 0. The summed E-state index contributed by atoms with van der Waals surface area (Å²) in [4.78, 5) is 0. The molecule has 62 valence electrons. The van der Waals surface area contributed by atoms with Crippen molar-refractivity contribution >= 4 is 0 Å². The first-order valence-corrected chi connectivity index (χ1v) is 5.36. The van der Waals surface area contributed by atoms with Gasteiger partial charge in [-0.25, -0.2) is 0 Å². The molecule has 0 radical (unpaired) electrons. The summed E-state index contributed by atoms with van der Waals surface area (Å²) in [6.45, 7) is 2.48. The standard InChI is InChI=1S/C11H18/c1-7-3-2-4-9(7)11-6-8-5-10(8)11/h7-11H,2-6H2,1H3. The first kappa shape index (κ1) is 6.51. The third-order valence-electron chi connectivity index (χ3n) is 4.58. The zero-order valence-electron chi connectivity index (χ0n) is 7.42. The summed E-state index contributed by atoms with van der Waals surface area (Å²) in [6.07, 6.45) is 7.83. The van der Waals surface area contributed by atoms with Gasteiger partial charge in [-0.3, -0.25) is 0 Å². The van der Waals surface area contributed by atoms with Crippen LogP contribution in [0.5, 0.6) is 0 Å². The Morgan fingerprint density at radius 1 is 0.909 bits per heavy atom. The zero-order chi connectivity index (χ0) is 7.42. The van der Waals surface area contributed by atoms with Crippen LogP contribution in [0.2, 0.25) is 0 Å². The molecule has 11 heavy (non-hydrogen) atoms. The van der Waals surface area contributed by atoms with Crippen molar-refractivity contribution in [3.63, 3.8) is 0 Å². The highest BCUT2D eigenvalue weighted by Crippen LogP contribution is 2.64. The van der Waals surface area contributed by atoms with E-state index in [-0.39, 0.29) is 0 Å². The maximum atomic E-state index is 2.48. The van der Waals surface area contributed by atoms with Gasteiger partial charge in [0.2, 0.25) is 0 Å². The fraction of sp³-hybridized carbons (Fsp3) is 1.00. The van der Waals surface area contributed by atoms with E-state index in [1.54, 1.807) is 19.3 Å². The molecule has 0 saturated heterocycles. The van der Waals surface area contributed by atoms with Crippen molar-refractivity contribution < 1.29 is 0 Å². The van der Waals surface area contributed by atoms with Crippen LogP contribution in [0.1, 0.15) is 39.0 Å². The van der Waals surface area contributed by atoms with Gasteiger partial charge in [0, 0.05) is 0 Å². The highest BCUT2D eigenvalue weighted by atomic mass is 14.6. The second-order valence-corrected chi connectivity index (χ2v) is 5.13. The van der Waals surface area contributed by atoms with Gasteiger partial charge in [-0.15, -0.1) is 0 Å². The van der Waals surface area contributed by atoms with Crippen molar-refractivity contribution in [2.75, 3.05) is 0 Å². The van der Waals surface area contributed by atoms with Gasteiger partial charge >= 0.3 is 0 Å². The summed E-state index contributed by atoms with van der Waals surface area (Å²) in [6, 6.07) is 0. The minimum Gasteiger partial charge on any atom is -0.0622 e. The van der Waals surface area contributed by atoms with Gasteiger partial charge in [-0.1, -0.05) is 19.8 Å². The van der Waals surface area contributed by atoms with Gasteiger partial charge in [0.05, 0.1) is 0 Å². The summed E-state index contributed by atoms with van der Waals surface area (Å²) in [5.41, 5.74) is 0. The van der Waals surface area contributed by atoms with E-state index in [1.807, 2.05) is 0 Å². The lowest BCUT2D eigenvalue weighted by atomic mass is 9.72. The van der Waals surface area contributed by atoms with Crippen LogP contribution in [-0.4, -0.2) is 0 Å². The molecule has 3 aliphatic rings. The summed E-state index contributed by atoms with van der Waals surface area (Å²) >= 11 is 0. The Hall–Kier alpha value is 0. The molecule has 3 rings (SSSR count). The van der Waals surface area contributed by atoms with Gasteiger partial charge < -0.3 is 0 Å². The zero-order valence-corrected chi connectivity index (χ0v) is 7.42. The van der Waals surface area contributed by atoms with Crippen LogP contribution in [0.3, 0.4) is 0 Å². The minimum absolute atomic E-state index is 1.07. The van der Waals surface area contributed by atoms with Crippen molar-refractivity contribution in [3.05, 3.63) is 0 Å². The molecule has 0 aliphatic heterocycles. The van der Waals surface area contributed by atoms with E-state index in [2.05, 4.69) is 6.92 Å². The normalized spacial score (nSPS) is 60.3. The van der Waals surface area contributed by atoms with Crippen LogP contribution < -0.4 is 0 Å². The predicted molar refractivity (Wildman–Crippen MR) is 46.2 cm³/mol. The largest absolute Gasteiger partial charge is 0.0622 e. The average molecular weight is 150 g/mol. The van der Waals surface area contributed by atoms with Crippen LogP contribution in [0.4, 0.5) is 0 Å². The first-order valence-electron chi connectivity index (χ1n) is 5.36. The van der Waals surface area contributed by atoms with E-state index in [9.17, 15) is 0 Å². The second kappa shape index (κ2) is 2.02. The lowest BCUT2D eigenvalue weighted by Crippen LogP contribution is -2.26. The molecule has 0 bridgehead atoms. The fourth-order valence-corrected chi connectivity index (χ4v) is 3.70. The van der Waals surface area contributed by atoms with E-state index in [1.165, 1.54) is 30.6 Å². The molecule has 0 amide bonds. The monoisotopic (exact) mass is 150 g/mol. The molecule has 3 saturated carbocycles. The lowest BCUT2D eigenvalue weighted by molar-refractivity contribution is 0.156. The topological polar surface area (TPSA) is 0 Å². The summed E-state index contributed by atoms with van der Waals surface area (Å²) in [7, 11) is 0. The van der Waals surface area contributed by atoms with E-state index in [0.717, 1.165) is 11.8 Å². The third-order valence-corrected chi connectivity index (χ3v) is 4.58. The number of fused-ring (bicyclic) bond motifs is 1. The SMILES string of the molecule is CC1CCCC1C1CC2CC21. The lowest BCUT2D eigenvalue weighted by Gasteiger charge is -2.33. The maximum absolute atomic E-state index is 2.48. The first-order chi connectivity index (χ1) is 5.36. The molecule has 0 N–H and O–H groups in total.